The molecule has 1 aromatic rings. The van der Waals surface area contributed by atoms with E-state index in [9.17, 15) is 0 Å². The Morgan fingerprint density at radius 2 is 2.35 bits per heavy atom. The second kappa shape index (κ2) is 5.70. The molecular formula is C12H21N5. The van der Waals surface area contributed by atoms with Crippen LogP contribution in [0.1, 0.15) is 31.5 Å². The molecule has 0 amide bonds. The third kappa shape index (κ3) is 3.47. The fourth-order valence-corrected chi connectivity index (χ4v) is 2.24. The molecule has 0 aromatic carbocycles. The van der Waals surface area contributed by atoms with Crippen molar-refractivity contribution < 1.29 is 0 Å². The van der Waals surface area contributed by atoms with E-state index in [1.807, 2.05) is 17.8 Å². The smallest absolute Gasteiger partial charge is 0.188 e. The minimum atomic E-state index is 0.534. The predicted octanol–water partition coefficient (Wildman–Crippen LogP) is 0.809. The molecular weight excluding hydrogens is 214 g/mol. The standard InChI is InChI=1S/C12H21N5/c1-17-9-8-14-11(17)6-7-15-12(13)16-10-4-2-3-5-10/h8-10H,2-7H2,1H3,(H3,13,15,16). The van der Waals surface area contributed by atoms with Gasteiger partial charge in [-0.15, -0.1) is 0 Å². The van der Waals surface area contributed by atoms with Crippen LogP contribution in [0.2, 0.25) is 0 Å². The zero-order valence-electron chi connectivity index (χ0n) is 10.4. The van der Waals surface area contributed by atoms with E-state index >= 15 is 0 Å². The first-order valence-electron chi connectivity index (χ1n) is 6.28. The van der Waals surface area contributed by atoms with E-state index in [1.165, 1.54) is 25.7 Å². The van der Waals surface area contributed by atoms with Crippen LogP contribution in [-0.4, -0.2) is 28.1 Å². The summed E-state index contributed by atoms with van der Waals surface area (Å²) >= 11 is 0. The predicted molar refractivity (Wildman–Crippen MR) is 68.8 cm³/mol. The number of aliphatic imine (C=N–C) groups is 1. The third-order valence-corrected chi connectivity index (χ3v) is 3.25. The van der Waals surface area contributed by atoms with Crippen LogP contribution in [0.5, 0.6) is 0 Å². The van der Waals surface area contributed by atoms with Gasteiger partial charge in [0.15, 0.2) is 5.96 Å². The van der Waals surface area contributed by atoms with Gasteiger partial charge in [-0.2, -0.15) is 0 Å². The Morgan fingerprint density at radius 1 is 1.59 bits per heavy atom. The number of hydrogen-bond acceptors (Lipinski definition) is 2. The normalized spacial score (nSPS) is 17.6. The van der Waals surface area contributed by atoms with Gasteiger partial charge in [-0.05, 0) is 12.8 Å². The molecule has 0 bridgehead atoms. The van der Waals surface area contributed by atoms with Crippen LogP contribution in [0.25, 0.3) is 0 Å². The summed E-state index contributed by atoms with van der Waals surface area (Å²) < 4.78 is 2.01. The van der Waals surface area contributed by atoms with Gasteiger partial charge >= 0.3 is 0 Å². The maximum atomic E-state index is 5.84. The first kappa shape index (κ1) is 12.0. The van der Waals surface area contributed by atoms with Crippen molar-refractivity contribution in [3.05, 3.63) is 18.2 Å². The Morgan fingerprint density at radius 3 is 3.00 bits per heavy atom. The van der Waals surface area contributed by atoms with E-state index in [4.69, 9.17) is 5.73 Å². The Bertz CT molecular complexity index is 376. The molecule has 0 unspecified atom stereocenters. The molecule has 0 saturated heterocycles. The van der Waals surface area contributed by atoms with Crippen LogP contribution in [0, 0.1) is 0 Å². The van der Waals surface area contributed by atoms with E-state index in [0.29, 0.717) is 18.5 Å². The number of nitrogens with one attached hydrogen (secondary N) is 1. The summed E-state index contributed by atoms with van der Waals surface area (Å²) in [6.07, 6.45) is 9.62. The zero-order valence-corrected chi connectivity index (χ0v) is 10.4. The molecule has 1 aromatic heterocycles. The summed E-state index contributed by atoms with van der Waals surface area (Å²) in [4.78, 5) is 8.58. The van der Waals surface area contributed by atoms with Gasteiger partial charge < -0.3 is 15.6 Å². The number of aromatic nitrogens is 2. The van der Waals surface area contributed by atoms with Gasteiger partial charge in [0, 0.05) is 38.4 Å². The molecule has 0 spiro atoms. The van der Waals surface area contributed by atoms with Gasteiger partial charge in [-0.1, -0.05) is 12.8 Å². The van der Waals surface area contributed by atoms with Crippen LogP contribution >= 0.6 is 0 Å². The molecule has 17 heavy (non-hydrogen) atoms. The number of rotatable bonds is 4. The highest BCUT2D eigenvalue weighted by molar-refractivity contribution is 5.78. The minimum Gasteiger partial charge on any atom is -0.370 e. The quantitative estimate of drug-likeness (QED) is 0.599. The van der Waals surface area contributed by atoms with Crippen LogP contribution in [0.3, 0.4) is 0 Å². The van der Waals surface area contributed by atoms with Crippen molar-refractivity contribution >= 4 is 5.96 Å². The fourth-order valence-electron chi connectivity index (χ4n) is 2.24. The SMILES string of the molecule is Cn1ccnc1CCN=C(N)NC1CCCC1. The average molecular weight is 235 g/mol. The van der Waals surface area contributed by atoms with Crippen LogP contribution in [0.15, 0.2) is 17.4 Å². The second-order valence-corrected chi connectivity index (χ2v) is 4.60. The van der Waals surface area contributed by atoms with Crippen LogP contribution in [-0.2, 0) is 13.5 Å². The first-order chi connectivity index (χ1) is 8.25. The number of guanidine groups is 1. The Kier molecular flexibility index (Phi) is 4.01. The Balaban J connectivity index is 1.74. The second-order valence-electron chi connectivity index (χ2n) is 4.60. The highest BCUT2D eigenvalue weighted by atomic mass is 15.1. The molecule has 5 nitrogen and oxygen atoms in total. The third-order valence-electron chi connectivity index (χ3n) is 3.25. The molecule has 5 heteroatoms. The van der Waals surface area contributed by atoms with Gasteiger partial charge in [-0.3, -0.25) is 4.99 Å². The summed E-state index contributed by atoms with van der Waals surface area (Å²) in [7, 11) is 1.99. The van der Waals surface area contributed by atoms with E-state index in [0.717, 1.165) is 12.2 Å². The van der Waals surface area contributed by atoms with Gasteiger partial charge in [0.2, 0.25) is 0 Å². The largest absolute Gasteiger partial charge is 0.370 e. The maximum absolute atomic E-state index is 5.84. The highest BCUT2D eigenvalue weighted by Crippen LogP contribution is 2.17. The molecule has 2 rings (SSSR count). The first-order valence-corrected chi connectivity index (χ1v) is 6.28. The summed E-state index contributed by atoms with van der Waals surface area (Å²) in [5.41, 5.74) is 5.84. The molecule has 0 radical (unpaired) electrons. The van der Waals surface area contributed by atoms with Crippen LogP contribution < -0.4 is 11.1 Å². The summed E-state index contributed by atoms with van der Waals surface area (Å²) in [5.74, 6) is 1.62. The van der Waals surface area contributed by atoms with Crippen molar-refractivity contribution in [2.75, 3.05) is 6.54 Å². The summed E-state index contributed by atoms with van der Waals surface area (Å²) in [6.45, 7) is 0.691. The minimum absolute atomic E-state index is 0.534. The fraction of sp³-hybridized carbons (Fsp3) is 0.667. The van der Waals surface area contributed by atoms with E-state index in [-0.39, 0.29) is 0 Å². The van der Waals surface area contributed by atoms with Gasteiger partial charge in [0.05, 0.1) is 0 Å². The lowest BCUT2D eigenvalue weighted by molar-refractivity contribution is 0.624. The van der Waals surface area contributed by atoms with Gasteiger partial charge in [0.25, 0.3) is 0 Å². The summed E-state index contributed by atoms with van der Waals surface area (Å²) in [6, 6.07) is 0.534. The molecule has 0 aliphatic heterocycles. The van der Waals surface area contributed by atoms with Crippen molar-refractivity contribution in [3.8, 4) is 0 Å². The zero-order chi connectivity index (χ0) is 12.1. The van der Waals surface area contributed by atoms with Gasteiger partial charge in [-0.25, -0.2) is 4.98 Å². The topological polar surface area (TPSA) is 68.2 Å². The molecule has 3 N–H and O–H groups in total. The number of aryl methyl sites for hydroxylation is 1. The monoisotopic (exact) mass is 235 g/mol. The molecule has 1 aliphatic rings. The number of hydrogen-bond donors (Lipinski definition) is 2. The van der Waals surface area contributed by atoms with Crippen LogP contribution in [0.4, 0.5) is 0 Å². The van der Waals surface area contributed by atoms with Crippen molar-refractivity contribution in [3.63, 3.8) is 0 Å². The number of nitrogens with two attached hydrogens (primary N) is 1. The molecule has 1 aliphatic carbocycles. The molecule has 1 fully saturated rings. The number of nitrogens with zero attached hydrogens (tertiary/aromatic N) is 3. The Hall–Kier alpha value is -1.52. The summed E-state index contributed by atoms with van der Waals surface area (Å²) in [5, 5.41) is 3.27. The molecule has 1 heterocycles. The van der Waals surface area contributed by atoms with Crippen molar-refractivity contribution in [2.24, 2.45) is 17.8 Å². The molecule has 1 saturated carbocycles. The van der Waals surface area contributed by atoms with E-state index < -0.39 is 0 Å². The lowest BCUT2D eigenvalue weighted by Gasteiger charge is -2.12. The lowest BCUT2D eigenvalue weighted by atomic mass is 10.2. The van der Waals surface area contributed by atoms with E-state index in [2.05, 4.69) is 15.3 Å². The lowest BCUT2D eigenvalue weighted by Crippen LogP contribution is -2.38. The molecule has 0 atom stereocenters. The van der Waals surface area contributed by atoms with Gasteiger partial charge in [0.1, 0.15) is 5.82 Å². The van der Waals surface area contributed by atoms with E-state index in [1.54, 1.807) is 6.20 Å². The highest BCUT2D eigenvalue weighted by Gasteiger charge is 2.14. The number of imidazole rings is 1. The average Bonchev–Trinajstić information content (AvgIpc) is 2.91. The molecule has 94 valence electrons. The Labute approximate surface area is 102 Å². The van der Waals surface area contributed by atoms with Crippen molar-refractivity contribution in [1.29, 1.82) is 0 Å². The van der Waals surface area contributed by atoms with Crippen molar-refractivity contribution in [2.45, 2.75) is 38.1 Å². The van der Waals surface area contributed by atoms with Crippen molar-refractivity contribution in [1.82, 2.24) is 14.9 Å². The maximum Gasteiger partial charge on any atom is 0.188 e.